The first-order chi connectivity index (χ1) is 24.3. The molecule has 0 aliphatic carbocycles. The molecule has 49 heavy (non-hydrogen) atoms. The second-order valence-electron chi connectivity index (χ2n) is 12.6. The van der Waals surface area contributed by atoms with Gasteiger partial charge in [-0.3, -0.25) is 0 Å². The molecule has 0 bridgehead atoms. The van der Waals surface area contributed by atoms with Gasteiger partial charge in [-0.1, -0.05) is 103 Å². The number of rotatable bonds is 5. The molecule has 0 amide bonds. The van der Waals surface area contributed by atoms with Gasteiger partial charge in [-0.15, -0.1) is 0 Å². The molecule has 8 aromatic carbocycles. The maximum atomic E-state index is 2.40. The van der Waals surface area contributed by atoms with Crippen LogP contribution in [0, 0.1) is 0 Å². The van der Waals surface area contributed by atoms with Gasteiger partial charge in [-0.2, -0.15) is 0 Å². The van der Waals surface area contributed by atoms with Gasteiger partial charge in [0, 0.05) is 50.0 Å². The van der Waals surface area contributed by atoms with Crippen molar-refractivity contribution in [2.75, 3.05) is 4.90 Å². The van der Waals surface area contributed by atoms with Gasteiger partial charge in [-0.25, -0.2) is 0 Å². The maximum absolute atomic E-state index is 2.40. The predicted molar refractivity (Wildman–Crippen MR) is 207 cm³/mol. The molecular formula is C46H31N3. The lowest BCUT2D eigenvalue weighted by Crippen LogP contribution is -2.10. The lowest BCUT2D eigenvalue weighted by atomic mass is 10.0. The summed E-state index contributed by atoms with van der Waals surface area (Å²) >= 11 is 0. The largest absolute Gasteiger partial charge is 0.310 e. The SMILES string of the molecule is c1ccc(N(c2ccc(-n3c4ccccc4c4c5ccccc5ccc43)cc2)c2ccc3c(c2)c2ccccc2n3-c2ccccc2)cc1. The first kappa shape index (κ1) is 27.5. The van der Waals surface area contributed by atoms with Crippen LogP contribution < -0.4 is 4.90 Å². The van der Waals surface area contributed by atoms with Crippen molar-refractivity contribution >= 4 is 71.4 Å². The van der Waals surface area contributed by atoms with E-state index in [9.17, 15) is 0 Å². The van der Waals surface area contributed by atoms with Crippen LogP contribution >= 0.6 is 0 Å². The minimum Gasteiger partial charge on any atom is -0.310 e. The molecule has 0 saturated carbocycles. The standard InChI is InChI=1S/C46H31N3/c1-3-14-33(15-4-1)47(37-28-30-44-41(31-37)39-19-9-11-21-42(39)48(44)34-16-5-2-6-17-34)35-24-26-36(27-25-35)49-43-22-12-10-20-40(43)46-38-18-8-7-13-32(38)23-29-45(46)49/h1-31H. The molecule has 0 fully saturated rings. The molecule has 0 atom stereocenters. The van der Waals surface area contributed by atoms with Crippen LogP contribution in [0.15, 0.2) is 188 Å². The van der Waals surface area contributed by atoms with Crippen molar-refractivity contribution in [3.05, 3.63) is 188 Å². The fourth-order valence-electron chi connectivity index (χ4n) is 7.75. The van der Waals surface area contributed by atoms with Crippen LogP contribution in [0.25, 0.3) is 65.8 Å². The fourth-order valence-corrected chi connectivity index (χ4v) is 7.75. The quantitative estimate of drug-likeness (QED) is 0.185. The van der Waals surface area contributed by atoms with Crippen molar-refractivity contribution in [1.29, 1.82) is 0 Å². The van der Waals surface area contributed by atoms with E-state index in [1.165, 1.54) is 54.4 Å². The Bertz CT molecular complexity index is 2810. The molecule has 2 aromatic heterocycles. The van der Waals surface area contributed by atoms with E-state index in [0.717, 1.165) is 28.4 Å². The molecule has 0 N–H and O–H groups in total. The molecule has 3 nitrogen and oxygen atoms in total. The monoisotopic (exact) mass is 625 g/mol. The third-order valence-corrected chi connectivity index (χ3v) is 9.87. The molecule has 10 aromatic rings. The van der Waals surface area contributed by atoms with Crippen LogP contribution in [0.5, 0.6) is 0 Å². The second-order valence-corrected chi connectivity index (χ2v) is 12.6. The van der Waals surface area contributed by atoms with Gasteiger partial charge < -0.3 is 14.0 Å². The lowest BCUT2D eigenvalue weighted by Gasteiger charge is -2.26. The predicted octanol–water partition coefficient (Wildman–Crippen LogP) is 12.5. The van der Waals surface area contributed by atoms with Gasteiger partial charge in [0.15, 0.2) is 0 Å². The van der Waals surface area contributed by atoms with E-state index < -0.39 is 0 Å². The van der Waals surface area contributed by atoms with Crippen LogP contribution in [0.4, 0.5) is 17.1 Å². The second kappa shape index (κ2) is 11.0. The molecule has 0 spiro atoms. The van der Waals surface area contributed by atoms with E-state index in [0.29, 0.717) is 0 Å². The highest BCUT2D eigenvalue weighted by Gasteiger charge is 2.19. The van der Waals surface area contributed by atoms with Crippen molar-refractivity contribution in [3.8, 4) is 11.4 Å². The Labute approximate surface area is 284 Å². The Kier molecular flexibility index (Phi) is 6.18. The molecule has 2 heterocycles. The number of fused-ring (bicyclic) bond motifs is 8. The number of aromatic nitrogens is 2. The summed E-state index contributed by atoms with van der Waals surface area (Å²) in [5, 5.41) is 7.58. The Hall–Kier alpha value is -6.58. The van der Waals surface area contributed by atoms with E-state index in [-0.39, 0.29) is 0 Å². The number of hydrogen-bond donors (Lipinski definition) is 0. The summed E-state index contributed by atoms with van der Waals surface area (Å²) in [6, 6.07) is 67.8. The van der Waals surface area contributed by atoms with Gasteiger partial charge in [0.25, 0.3) is 0 Å². The van der Waals surface area contributed by atoms with Gasteiger partial charge >= 0.3 is 0 Å². The zero-order valence-electron chi connectivity index (χ0n) is 26.7. The Morgan fingerprint density at radius 2 is 0.816 bits per heavy atom. The van der Waals surface area contributed by atoms with Gasteiger partial charge in [0.1, 0.15) is 0 Å². The van der Waals surface area contributed by atoms with Crippen LogP contribution in [0.3, 0.4) is 0 Å². The van der Waals surface area contributed by atoms with Crippen molar-refractivity contribution in [3.63, 3.8) is 0 Å². The maximum Gasteiger partial charge on any atom is 0.0547 e. The highest BCUT2D eigenvalue weighted by atomic mass is 15.1. The Morgan fingerprint density at radius 1 is 0.306 bits per heavy atom. The van der Waals surface area contributed by atoms with E-state index in [1.54, 1.807) is 0 Å². The molecule has 0 aliphatic rings. The Morgan fingerprint density at radius 3 is 1.59 bits per heavy atom. The third kappa shape index (κ3) is 4.29. The van der Waals surface area contributed by atoms with Crippen molar-refractivity contribution in [2.45, 2.75) is 0 Å². The summed E-state index contributed by atoms with van der Waals surface area (Å²) in [6.45, 7) is 0. The number of para-hydroxylation sites is 4. The van der Waals surface area contributed by atoms with Crippen molar-refractivity contribution in [1.82, 2.24) is 9.13 Å². The summed E-state index contributed by atoms with van der Waals surface area (Å²) in [6.07, 6.45) is 0. The van der Waals surface area contributed by atoms with Gasteiger partial charge in [0.05, 0.1) is 22.1 Å². The minimum atomic E-state index is 1.10. The average Bonchev–Trinajstić information content (AvgIpc) is 3.69. The smallest absolute Gasteiger partial charge is 0.0547 e. The highest BCUT2D eigenvalue weighted by Crippen LogP contribution is 2.41. The molecule has 3 heteroatoms. The first-order valence-electron chi connectivity index (χ1n) is 16.8. The fraction of sp³-hybridized carbons (Fsp3) is 0. The molecule has 0 unspecified atom stereocenters. The van der Waals surface area contributed by atoms with Crippen LogP contribution in [0.1, 0.15) is 0 Å². The number of anilines is 3. The molecule has 10 rings (SSSR count). The number of benzene rings is 8. The summed E-state index contributed by atoms with van der Waals surface area (Å²) in [7, 11) is 0. The normalized spacial score (nSPS) is 11.7. The third-order valence-electron chi connectivity index (χ3n) is 9.87. The van der Waals surface area contributed by atoms with Gasteiger partial charge in [-0.05, 0) is 95.7 Å². The first-order valence-corrected chi connectivity index (χ1v) is 16.8. The summed E-state index contributed by atoms with van der Waals surface area (Å²) in [5.41, 5.74) is 10.5. The molecule has 0 saturated heterocycles. The molecule has 0 aliphatic heterocycles. The molecule has 230 valence electrons. The van der Waals surface area contributed by atoms with Crippen molar-refractivity contribution < 1.29 is 0 Å². The van der Waals surface area contributed by atoms with Crippen molar-refractivity contribution in [2.24, 2.45) is 0 Å². The minimum absolute atomic E-state index is 1.10. The average molecular weight is 626 g/mol. The van der Waals surface area contributed by atoms with Gasteiger partial charge in [0.2, 0.25) is 0 Å². The lowest BCUT2D eigenvalue weighted by molar-refractivity contribution is 1.17. The van der Waals surface area contributed by atoms with E-state index in [1.807, 2.05) is 0 Å². The molecular weight excluding hydrogens is 595 g/mol. The number of nitrogens with zero attached hydrogens (tertiary/aromatic N) is 3. The summed E-state index contributed by atoms with van der Waals surface area (Å²) in [4.78, 5) is 2.36. The number of hydrogen-bond acceptors (Lipinski definition) is 1. The highest BCUT2D eigenvalue weighted by molar-refractivity contribution is 6.21. The van der Waals surface area contributed by atoms with E-state index in [2.05, 4.69) is 202 Å². The van der Waals surface area contributed by atoms with E-state index >= 15 is 0 Å². The van der Waals surface area contributed by atoms with E-state index in [4.69, 9.17) is 0 Å². The Balaban J connectivity index is 1.14. The topological polar surface area (TPSA) is 13.1 Å². The summed E-state index contributed by atoms with van der Waals surface area (Å²) < 4.78 is 4.77. The zero-order valence-corrected chi connectivity index (χ0v) is 26.7. The van der Waals surface area contributed by atoms with Crippen LogP contribution in [0.2, 0.25) is 0 Å². The zero-order chi connectivity index (χ0) is 32.3. The summed E-state index contributed by atoms with van der Waals surface area (Å²) in [5.74, 6) is 0. The van der Waals surface area contributed by atoms with Crippen LogP contribution in [-0.2, 0) is 0 Å². The van der Waals surface area contributed by atoms with Crippen LogP contribution in [-0.4, -0.2) is 9.13 Å². The molecule has 0 radical (unpaired) electrons.